The summed E-state index contributed by atoms with van der Waals surface area (Å²) >= 11 is 0. The van der Waals surface area contributed by atoms with Crippen LogP contribution in [-0.2, 0) is 16.1 Å². The molecule has 1 aromatic rings. The number of piperidine rings is 1. The highest BCUT2D eigenvalue weighted by Gasteiger charge is 2.51. The van der Waals surface area contributed by atoms with Crippen molar-refractivity contribution in [2.24, 2.45) is 5.41 Å². The fourth-order valence-corrected chi connectivity index (χ4v) is 5.72. The van der Waals surface area contributed by atoms with Crippen LogP contribution in [0.15, 0.2) is 42.1 Å². The molecule has 168 valence electrons. The summed E-state index contributed by atoms with van der Waals surface area (Å²) in [6, 6.07) is 10.8. The zero-order chi connectivity index (χ0) is 21.7. The molecule has 1 saturated heterocycles. The van der Waals surface area contributed by atoms with Gasteiger partial charge in [0.05, 0.1) is 5.41 Å². The quantitative estimate of drug-likeness (QED) is 0.680. The van der Waals surface area contributed by atoms with E-state index < -0.39 is 5.41 Å². The van der Waals surface area contributed by atoms with Gasteiger partial charge in [0, 0.05) is 37.8 Å². The number of fused-ring (bicyclic) bond motifs is 1. The average Bonchev–Trinajstić information content (AvgIpc) is 3.33. The van der Waals surface area contributed by atoms with Crippen molar-refractivity contribution in [3.8, 4) is 0 Å². The molecule has 1 aromatic carbocycles. The van der Waals surface area contributed by atoms with Gasteiger partial charge in [-0.2, -0.15) is 0 Å². The first-order valence-electron chi connectivity index (χ1n) is 12.2. The van der Waals surface area contributed by atoms with Crippen molar-refractivity contribution in [1.29, 1.82) is 0 Å². The van der Waals surface area contributed by atoms with E-state index in [2.05, 4.69) is 47.5 Å². The lowest BCUT2D eigenvalue weighted by atomic mass is 9.68. The van der Waals surface area contributed by atoms with Gasteiger partial charge in [-0.1, -0.05) is 56.2 Å². The maximum absolute atomic E-state index is 13.5. The predicted molar refractivity (Wildman–Crippen MR) is 123 cm³/mol. The third kappa shape index (κ3) is 4.72. The van der Waals surface area contributed by atoms with Crippen molar-refractivity contribution in [1.82, 2.24) is 15.1 Å². The van der Waals surface area contributed by atoms with Gasteiger partial charge in [0.15, 0.2) is 0 Å². The average molecular weight is 424 g/mol. The van der Waals surface area contributed by atoms with Crippen LogP contribution in [-0.4, -0.2) is 47.3 Å². The lowest BCUT2D eigenvalue weighted by Gasteiger charge is -2.48. The molecular formula is C26H37N3O2. The maximum atomic E-state index is 13.5. The SMILES string of the molecule is CCN(CCNC(=O)C12CCCC=C1N(C1CCCC1)C(=O)CC2)Cc1ccccc1. The molecule has 1 saturated carbocycles. The number of carbonyl (C=O) groups excluding carboxylic acids is 2. The van der Waals surface area contributed by atoms with Gasteiger partial charge < -0.3 is 10.2 Å². The van der Waals surface area contributed by atoms with E-state index >= 15 is 0 Å². The van der Waals surface area contributed by atoms with Crippen molar-refractivity contribution < 1.29 is 9.59 Å². The number of allylic oxidation sites excluding steroid dienone is 1. The molecule has 1 unspecified atom stereocenters. The Morgan fingerprint density at radius 2 is 1.94 bits per heavy atom. The van der Waals surface area contributed by atoms with E-state index in [0.717, 1.165) is 57.4 Å². The molecule has 0 bridgehead atoms. The van der Waals surface area contributed by atoms with Crippen LogP contribution in [0.3, 0.4) is 0 Å². The van der Waals surface area contributed by atoms with Crippen LogP contribution < -0.4 is 5.32 Å². The van der Waals surface area contributed by atoms with Crippen LogP contribution in [0.4, 0.5) is 0 Å². The van der Waals surface area contributed by atoms with E-state index in [-0.39, 0.29) is 11.8 Å². The molecule has 1 N–H and O–H groups in total. The van der Waals surface area contributed by atoms with Crippen molar-refractivity contribution in [3.05, 3.63) is 47.7 Å². The molecule has 5 nitrogen and oxygen atoms in total. The second-order valence-electron chi connectivity index (χ2n) is 9.38. The molecule has 31 heavy (non-hydrogen) atoms. The molecule has 0 spiro atoms. The Morgan fingerprint density at radius 3 is 2.68 bits per heavy atom. The summed E-state index contributed by atoms with van der Waals surface area (Å²) in [4.78, 5) is 30.8. The van der Waals surface area contributed by atoms with Gasteiger partial charge >= 0.3 is 0 Å². The monoisotopic (exact) mass is 423 g/mol. The number of nitrogens with zero attached hydrogens (tertiary/aromatic N) is 2. The number of hydrogen-bond acceptors (Lipinski definition) is 3. The molecule has 1 heterocycles. The summed E-state index contributed by atoms with van der Waals surface area (Å²) in [7, 11) is 0. The van der Waals surface area contributed by atoms with Crippen molar-refractivity contribution >= 4 is 11.8 Å². The number of amides is 2. The minimum Gasteiger partial charge on any atom is -0.354 e. The summed E-state index contributed by atoms with van der Waals surface area (Å²) < 4.78 is 0. The highest BCUT2D eigenvalue weighted by molar-refractivity contribution is 5.91. The Kier molecular flexibility index (Phi) is 7.11. The van der Waals surface area contributed by atoms with E-state index in [4.69, 9.17) is 0 Å². The molecule has 5 heteroatoms. The number of likely N-dealkylation sites (N-methyl/N-ethyl adjacent to an activating group) is 1. The van der Waals surface area contributed by atoms with E-state index in [1.54, 1.807) is 0 Å². The van der Waals surface area contributed by atoms with E-state index in [1.807, 2.05) is 11.0 Å². The fourth-order valence-electron chi connectivity index (χ4n) is 5.72. The zero-order valence-corrected chi connectivity index (χ0v) is 18.9. The predicted octanol–water partition coefficient (Wildman–Crippen LogP) is 4.24. The smallest absolute Gasteiger partial charge is 0.232 e. The number of likely N-dealkylation sites (tertiary alicyclic amines) is 1. The summed E-state index contributed by atoms with van der Waals surface area (Å²) in [5.74, 6) is 0.355. The first-order chi connectivity index (χ1) is 15.1. The second kappa shape index (κ2) is 9.99. The third-order valence-electron chi connectivity index (χ3n) is 7.46. The molecule has 0 radical (unpaired) electrons. The normalized spacial score (nSPS) is 24.3. The van der Waals surface area contributed by atoms with Crippen LogP contribution >= 0.6 is 0 Å². The fraction of sp³-hybridized carbons (Fsp3) is 0.615. The highest BCUT2D eigenvalue weighted by atomic mass is 16.2. The van der Waals surface area contributed by atoms with Gasteiger partial charge in [-0.3, -0.25) is 14.5 Å². The van der Waals surface area contributed by atoms with Gasteiger partial charge in [0.2, 0.25) is 11.8 Å². The Balaban J connectivity index is 1.41. The number of carbonyl (C=O) groups is 2. The topological polar surface area (TPSA) is 52.7 Å². The number of rotatable bonds is 8. The van der Waals surface area contributed by atoms with E-state index in [1.165, 1.54) is 18.4 Å². The van der Waals surface area contributed by atoms with Gasteiger partial charge in [-0.15, -0.1) is 0 Å². The van der Waals surface area contributed by atoms with Crippen LogP contribution in [0.1, 0.15) is 70.3 Å². The second-order valence-corrected chi connectivity index (χ2v) is 9.38. The number of benzene rings is 1. The van der Waals surface area contributed by atoms with Gasteiger partial charge in [-0.05, 0) is 50.6 Å². The number of hydrogen-bond donors (Lipinski definition) is 1. The summed E-state index contributed by atoms with van der Waals surface area (Å²) in [5, 5.41) is 3.26. The van der Waals surface area contributed by atoms with Crippen LogP contribution in [0.2, 0.25) is 0 Å². The molecular weight excluding hydrogens is 386 g/mol. The highest BCUT2D eigenvalue weighted by Crippen LogP contribution is 2.48. The van der Waals surface area contributed by atoms with E-state index in [9.17, 15) is 9.59 Å². The molecule has 1 aliphatic heterocycles. The minimum atomic E-state index is -0.509. The number of nitrogens with one attached hydrogen (secondary N) is 1. The summed E-state index contributed by atoms with van der Waals surface area (Å²) in [5.41, 5.74) is 1.81. The Labute approximate surface area is 186 Å². The van der Waals surface area contributed by atoms with Gasteiger partial charge in [0.25, 0.3) is 0 Å². The first-order valence-corrected chi connectivity index (χ1v) is 12.2. The molecule has 4 rings (SSSR count). The van der Waals surface area contributed by atoms with Gasteiger partial charge in [-0.25, -0.2) is 0 Å². The maximum Gasteiger partial charge on any atom is 0.232 e. The summed E-state index contributed by atoms with van der Waals surface area (Å²) in [6.45, 7) is 5.49. The van der Waals surface area contributed by atoms with Crippen molar-refractivity contribution in [2.75, 3.05) is 19.6 Å². The van der Waals surface area contributed by atoms with Crippen LogP contribution in [0.5, 0.6) is 0 Å². The van der Waals surface area contributed by atoms with Gasteiger partial charge in [0.1, 0.15) is 0 Å². The van der Waals surface area contributed by atoms with Crippen LogP contribution in [0.25, 0.3) is 0 Å². The lowest BCUT2D eigenvalue weighted by Crippen LogP contribution is -2.55. The molecule has 1 atom stereocenters. The van der Waals surface area contributed by atoms with Crippen molar-refractivity contribution in [3.63, 3.8) is 0 Å². The lowest BCUT2D eigenvalue weighted by molar-refractivity contribution is -0.142. The molecule has 2 aliphatic carbocycles. The molecule has 0 aromatic heterocycles. The zero-order valence-electron chi connectivity index (χ0n) is 18.9. The van der Waals surface area contributed by atoms with E-state index in [0.29, 0.717) is 25.4 Å². The Hall–Kier alpha value is -2.14. The molecule has 2 amide bonds. The van der Waals surface area contributed by atoms with Crippen LogP contribution in [0, 0.1) is 5.41 Å². The minimum absolute atomic E-state index is 0.129. The Bertz CT molecular complexity index is 800. The van der Waals surface area contributed by atoms with Crippen molar-refractivity contribution in [2.45, 2.75) is 77.3 Å². The first kappa shape index (κ1) is 22.1. The molecule has 3 aliphatic rings. The summed E-state index contributed by atoms with van der Waals surface area (Å²) in [6.07, 6.45) is 10.8. The molecule has 2 fully saturated rings. The largest absolute Gasteiger partial charge is 0.354 e. The standard InChI is InChI=1S/C26H37N3O2/c1-2-28(20-21-10-4-3-5-11-21)19-18-27-25(31)26-16-9-8-14-23(26)29(24(30)15-17-26)22-12-6-7-13-22/h3-5,10-11,14,22H,2,6-9,12-13,15-20H2,1H3,(H,27,31). The third-order valence-corrected chi connectivity index (χ3v) is 7.46. The Morgan fingerprint density at radius 1 is 1.16 bits per heavy atom.